The summed E-state index contributed by atoms with van der Waals surface area (Å²) in [6, 6.07) is 0.460. The van der Waals surface area contributed by atoms with Crippen LogP contribution >= 0.6 is 11.3 Å². The van der Waals surface area contributed by atoms with Crippen molar-refractivity contribution in [3.05, 3.63) is 10.6 Å². The highest BCUT2D eigenvalue weighted by Crippen LogP contribution is 2.28. The summed E-state index contributed by atoms with van der Waals surface area (Å²) >= 11 is 1.64. The molecule has 1 aromatic rings. The molecule has 0 bridgehead atoms. The topological polar surface area (TPSA) is 36.4 Å². The van der Waals surface area contributed by atoms with Gasteiger partial charge in [0, 0.05) is 12.6 Å². The Kier molecular flexibility index (Phi) is 5.92. The van der Waals surface area contributed by atoms with Crippen LogP contribution in [-0.2, 0) is 13.0 Å². The summed E-state index contributed by atoms with van der Waals surface area (Å²) in [5.74, 6) is 0. The summed E-state index contributed by atoms with van der Waals surface area (Å²) < 4.78 is 0. The van der Waals surface area contributed by atoms with Crippen LogP contribution in [0.4, 0.5) is 5.13 Å². The maximum atomic E-state index is 9.36. The van der Waals surface area contributed by atoms with Gasteiger partial charge < -0.3 is 10.0 Å². The summed E-state index contributed by atoms with van der Waals surface area (Å²) in [6.07, 6.45) is 3.16. The average molecular weight is 256 g/mol. The fourth-order valence-electron chi connectivity index (χ4n) is 1.86. The molecule has 0 fully saturated rings. The van der Waals surface area contributed by atoms with Gasteiger partial charge in [0.1, 0.15) is 0 Å². The fraction of sp³-hybridized carbons (Fsp3) is 0.769. The average Bonchev–Trinajstić information content (AvgIpc) is 2.69. The lowest BCUT2D eigenvalue weighted by atomic mass is 10.2. The number of hydrogen-bond donors (Lipinski definition) is 1. The minimum absolute atomic E-state index is 0.116. The van der Waals surface area contributed by atoms with Gasteiger partial charge in [-0.2, -0.15) is 0 Å². The van der Waals surface area contributed by atoms with Crippen LogP contribution in [0.1, 0.15) is 51.1 Å². The van der Waals surface area contributed by atoms with Crippen molar-refractivity contribution in [2.45, 2.75) is 59.6 Å². The highest BCUT2D eigenvalue weighted by molar-refractivity contribution is 7.15. The summed E-state index contributed by atoms with van der Waals surface area (Å²) in [5, 5.41) is 10.4. The van der Waals surface area contributed by atoms with Gasteiger partial charge in [0.25, 0.3) is 0 Å². The maximum Gasteiger partial charge on any atom is 0.186 e. The number of aromatic nitrogens is 1. The Morgan fingerprint density at radius 1 is 1.29 bits per heavy atom. The Labute approximate surface area is 108 Å². The van der Waals surface area contributed by atoms with E-state index in [-0.39, 0.29) is 6.61 Å². The SMILES string of the molecule is CCCc1nc(N(CCC)C(C)C)sc1CO. The van der Waals surface area contributed by atoms with Gasteiger partial charge >= 0.3 is 0 Å². The second-order valence-electron chi connectivity index (χ2n) is 4.56. The zero-order valence-electron chi connectivity index (χ0n) is 11.4. The lowest BCUT2D eigenvalue weighted by Crippen LogP contribution is -2.31. The van der Waals surface area contributed by atoms with Crippen LogP contribution in [0, 0.1) is 0 Å². The molecular weight excluding hydrogens is 232 g/mol. The Hall–Kier alpha value is -0.610. The molecule has 0 radical (unpaired) electrons. The molecule has 3 nitrogen and oxygen atoms in total. The largest absolute Gasteiger partial charge is 0.391 e. The Balaban J connectivity index is 2.95. The molecule has 0 amide bonds. The van der Waals surface area contributed by atoms with Crippen LogP contribution in [0.3, 0.4) is 0 Å². The van der Waals surface area contributed by atoms with Gasteiger partial charge in [0.15, 0.2) is 5.13 Å². The molecule has 0 aliphatic heterocycles. The van der Waals surface area contributed by atoms with Gasteiger partial charge in [-0.05, 0) is 26.7 Å². The van der Waals surface area contributed by atoms with E-state index in [1.807, 2.05) is 0 Å². The molecule has 0 unspecified atom stereocenters. The van der Waals surface area contributed by atoms with Crippen molar-refractivity contribution < 1.29 is 5.11 Å². The lowest BCUT2D eigenvalue weighted by Gasteiger charge is -2.25. The van der Waals surface area contributed by atoms with Crippen molar-refractivity contribution in [3.8, 4) is 0 Å². The van der Waals surface area contributed by atoms with Crippen LogP contribution in [0.2, 0.25) is 0 Å². The molecule has 98 valence electrons. The highest BCUT2D eigenvalue weighted by Gasteiger charge is 2.17. The first kappa shape index (κ1) is 14.5. The van der Waals surface area contributed by atoms with E-state index in [0.717, 1.165) is 41.5 Å². The van der Waals surface area contributed by atoms with E-state index >= 15 is 0 Å². The summed E-state index contributed by atoms with van der Waals surface area (Å²) in [7, 11) is 0. The molecule has 0 aliphatic rings. The first-order valence-electron chi connectivity index (χ1n) is 6.50. The minimum Gasteiger partial charge on any atom is -0.391 e. The zero-order valence-corrected chi connectivity index (χ0v) is 12.2. The summed E-state index contributed by atoms with van der Waals surface area (Å²) in [6.45, 7) is 9.85. The number of nitrogens with zero attached hydrogens (tertiary/aromatic N) is 2. The standard InChI is InChI=1S/C13H24N2OS/c1-5-7-11-12(9-16)17-13(14-11)15(8-6-2)10(3)4/h10,16H,5-9H2,1-4H3. The number of hydrogen-bond acceptors (Lipinski definition) is 4. The quantitative estimate of drug-likeness (QED) is 0.814. The monoisotopic (exact) mass is 256 g/mol. The van der Waals surface area contributed by atoms with E-state index in [2.05, 4.69) is 32.6 Å². The van der Waals surface area contributed by atoms with Gasteiger partial charge in [-0.15, -0.1) is 0 Å². The van der Waals surface area contributed by atoms with Gasteiger partial charge in [-0.1, -0.05) is 31.6 Å². The summed E-state index contributed by atoms with van der Waals surface area (Å²) in [4.78, 5) is 8.05. The molecule has 0 spiro atoms. The molecule has 0 saturated carbocycles. The molecule has 1 heterocycles. The van der Waals surface area contributed by atoms with Crippen molar-refractivity contribution in [2.24, 2.45) is 0 Å². The van der Waals surface area contributed by atoms with Gasteiger partial charge in [-0.3, -0.25) is 0 Å². The van der Waals surface area contributed by atoms with Gasteiger partial charge in [-0.25, -0.2) is 4.98 Å². The van der Waals surface area contributed by atoms with Crippen LogP contribution in [-0.4, -0.2) is 22.7 Å². The normalized spacial score (nSPS) is 11.2. The second kappa shape index (κ2) is 6.97. The van der Waals surface area contributed by atoms with E-state index in [1.165, 1.54) is 0 Å². The van der Waals surface area contributed by atoms with Crippen molar-refractivity contribution in [3.63, 3.8) is 0 Å². The number of aryl methyl sites for hydroxylation is 1. The minimum atomic E-state index is 0.116. The van der Waals surface area contributed by atoms with Crippen molar-refractivity contribution >= 4 is 16.5 Å². The molecule has 0 aliphatic carbocycles. The Bertz CT molecular complexity index is 336. The smallest absolute Gasteiger partial charge is 0.186 e. The first-order chi connectivity index (χ1) is 8.13. The Morgan fingerprint density at radius 2 is 2.00 bits per heavy atom. The van der Waals surface area contributed by atoms with E-state index in [4.69, 9.17) is 4.98 Å². The fourth-order valence-corrected chi connectivity index (χ4v) is 2.99. The predicted molar refractivity (Wildman–Crippen MR) is 74.8 cm³/mol. The maximum absolute atomic E-state index is 9.36. The van der Waals surface area contributed by atoms with Crippen LogP contribution in [0.5, 0.6) is 0 Å². The van der Waals surface area contributed by atoms with Crippen LogP contribution in [0.25, 0.3) is 0 Å². The third kappa shape index (κ3) is 3.68. The number of thiazole rings is 1. The lowest BCUT2D eigenvalue weighted by molar-refractivity contribution is 0.284. The van der Waals surface area contributed by atoms with E-state index in [0.29, 0.717) is 6.04 Å². The third-order valence-electron chi connectivity index (χ3n) is 2.73. The number of aliphatic hydroxyl groups excluding tert-OH is 1. The summed E-state index contributed by atoms with van der Waals surface area (Å²) in [5.41, 5.74) is 1.08. The molecule has 0 saturated heterocycles. The second-order valence-corrected chi connectivity index (χ2v) is 5.62. The Morgan fingerprint density at radius 3 is 2.47 bits per heavy atom. The van der Waals surface area contributed by atoms with Crippen molar-refractivity contribution in [2.75, 3.05) is 11.4 Å². The molecule has 0 atom stereocenters. The zero-order chi connectivity index (χ0) is 12.8. The molecule has 1 rings (SSSR count). The van der Waals surface area contributed by atoms with Gasteiger partial charge in [0.2, 0.25) is 0 Å². The molecule has 17 heavy (non-hydrogen) atoms. The molecule has 4 heteroatoms. The van der Waals surface area contributed by atoms with E-state index in [9.17, 15) is 5.11 Å². The number of aliphatic hydroxyl groups is 1. The van der Waals surface area contributed by atoms with E-state index < -0.39 is 0 Å². The predicted octanol–water partition coefficient (Wildman–Crippen LogP) is 3.21. The van der Waals surface area contributed by atoms with Gasteiger partial charge in [0.05, 0.1) is 17.2 Å². The molecule has 0 aromatic carbocycles. The number of rotatable bonds is 7. The van der Waals surface area contributed by atoms with E-state index in [1.54, 1.807) is 11.3 Å². The molecule has 1 aromatic heterocycles. The molecule has 1 N–H and O–H groups in total. The van der Waals surface area contributed by atoms with Crippen LogP contribution in [0.15, 0.2) is 0 Å². The third-order valence-corrected chi connectivity index (χ3v) is 3.85. The number of anilines is 1. The highest BCUT2D eigenvalue weighted by atomic mass is 32.1. The van der Waals surface area contributed by atoms with Crippen molar-refractivity contribution in [1.29, 1.82) is 0 Å². The molecular formula is C13H24N2OS. The van der Waals surface area contributed by atoms with Crippen molar-refractivity contribution in [1.82, 2.24) is 4.98 Å². The first-order valence-corrected chi connectivity index (χ1v) is 7.31. The van der Waals surface area contributed by atoms with Crippen LogP contribution < -0.4 is 4.90 Å².